The van der Waals surface area contributed by atoms with E-state index in [1.807, 2.05) is 0 Å². The number of nitro benzene ring substituents is 2. The van der Waals surface area contributed by atoms with Gasteiger partial charge in [0.1, 0.15) is 10.6 Å². The maximum Gasteiger partial charge on any atom is 0.339 e. The zero-order valence-electron chi connectivity index (χ0n) is 20.3. The number of amides is 1. The van der Waals surface area contributed by atoms with E-state index in [1.165, 1.54) is 36.4 Å². The Morgan fingerprint density at radius 2 is 1.75 bits per heavy atom. The fourth-order valence-corrected chi connectivity index (χ4v) is 5.27. The molecule has 0 bridgehead atoms. The summed E-state index contributed by atoms with van der Waals surface area (Å²) < 4.78 is 36.2. The van der Waals surface area contributed by atoms with Gasteiger partial charge in [-0.05, 0) is 66.7 Å². The van der Waals surface area contributed by atoms with Gasteiger partial charge < -0.3 is 14.2 Å². The number of non-ortho nitro benzene ring substituents is 1. The van der Waals surface area contributed by atoms with Crippen molar-refractivity contribution in [1.29, 1.82) is 0 Å². The molecule has 1 aliphatic rings. The number of carbonyl (C=O) groups excluding carboxylic acids is 1. The minimum atomic E-state index is -4.35. The summed E-state index contributed by atoms with van der Waals surface area (Å²) in [7, 11) is -4.35. The largest absolute Gasteiger partial charge is 0.490 e. The first kappa shape index (κ1) is 28.5. The number of amidine groups is 1. The van der Waals surface area contributed by atoms with Crippen LogP contribution in [-0.2, 0) is 14.9 Å². The molecule has 1 N–H and O–H groups in total. The molecule has 206 valence electrons. The van der Waals surface area contributed by atoms with E-state index in [0.29, 0.717) is 5.56 Å². The highest BCUT2D eigenvalue weighted by Gasteiger charge is 2.26. The smallest absolute Gasteiger partial charge is 0.339 e. The van der Waals surface area contributed by atoms with Gasteiger partial charge in [0.25, 0.3) is 17.3 Å². The molecule has 0 aromatic heterocycles. The van der Waals surface area contributed by atoms with Crippen molar-refractivity contribution >= 4 is 67.7 Å². The van der Waals surface area contributed by atoms with Crippen LogP contribution in [0.1, 0.15) is 12.5 Å². The first-order valence-corrected chi connectivity index (χ1v) is 13.8. The average Bonchev–Trinajstić information content (AvgIpc) is 3.24. The van der Waals surface area contributed by atoms with Crippen molar-refractivity contribution in [2.24, 2.45) is 4.99 Å². The molecule has 0 spiro atoms. The number of hydrogen-bond donors (Lipinski definition) is 1. The number of carbonyl (C=O) groups is 1. The molecule has 0 radical (unpaired) electrons. The van der Waals surface area contributed by atoms with Crippen LogP contribution in [0, 0.1) is 20.2 Å². The summed E-state index contributed by atoms with van der Waals surface area (Å²) >= 11 is 6.78. The molecule has 4 rings (SSSR count). The van der Waals surface area contributed by atoms with Crippen LogP contribution in [0.15, 0.2) is 75.5 Å². The second-order valence-corrected chi connectivity index (χ2v) is 10.8. The molecular weight excluding hydrogens is 588 g/mol. The molecular formula is C24H17ClN4O9S2. The van der Waals surface area contributed by atoms with Crippen molar-refractivity contribution in [3.63, 3.8) is 0 Å². The number of halogens is 1. The van der Waals surface area contributed by atoms with Crippen molar-refractivity contribution in [3.8, 4) is 11.5 Å². The van der Waals surface area contributed by atoms with Gasteiger partial charge in [-0.15, -0.1) is 0 Å². The van der Waals surface area contributed by atoms with Crippen LogP contribution in [0.3, 0.4) is 0 Å². The molecule has 0 unspecified atom stereocenters. The minimum absolute atomic E-state index is 0.00724. The van der Waals surface area contributed by atoms with Crippen molar-refractivity contribution in [1.82, 2.24) is 5.32 Å². The number of rotatable bonds is 9. The van der Waals surface area contributed by atoms with Gasteiger partial charge in [0.2, 0.25) is 0 Å². The SMILES string of the molecule is CCOc1cc(/C=C2/SC(=Nc3ccc(Cl)cc3[N+](=O)[O-])NC2=O)ccc1OS(=O)(=O)c1ccc([N+](=O)[O-])cc1. The third-order valence-electron chi connectivity index (χ3n) is 5.11. The molecule has 13 nitrogen and oxygen atoms in total. The summed E-state index contributed by atoms with van der Waals surface area (Å²) in [4.78, 5) is 37.5. The highest BCUT2D eigenvalue weighted by atomic mass is 35.5. The van der Waals surface area contributed by atoms with Crippen molar-refractivity contribution in [2.45, 2.75) is 11.8 Å². The fourth-order valence-electron chi connectivity index (χ4n) is 3.33. The zero-order valence-corrected chi connectivity index (χ0v) is 22.7. The molecule has 0 saturated carbocycles. The van der Waals surface area contributed by atoms with Crippen LogP contribution >= 0.6 is 23.4 Å². The maximum atomic E-state index is 12.7. The number of aliphatic imine (C=N–C) groups is 1. The number of thioether (sulfide) groups is 1. The lowest BCUT2D eigenvalue weighted by Gasteiger charge is -2.12. The predicted octanol–water partition coefficient (Wildman–Crippen LogP) is 5.21. The van der Waals surface area contributed by atoms with E-state index in [0.717, 1.165) is 42.1 Å². The second-order valence-electron chi connectivity index (χ2n) is 7.80. The Hall–Kier alpha value is -4.47. The van der Waals surface area contributed by atoms with Gasteiger partial charge in [0, 0.05) is 23.2 Å². The summed E-state index contributed by atoms with van der Waals surface area (Å²) in [6.45, 7) is 1.85. The van der Waals surface area contributed by atoms with Crippen LogP contribution in [0.25, 0.3) is 6.08 Å². The van der Waals surface area contributed by atoms with Crippen LogP contribution in [0.2, 0.25) is 5.02 Å². The summed E-state index contributed by atoms with van der Waals surface area (Å²) in [6, 6.07) is 12.4. The van der Waals surface area contributed by atoms with E-state index in [-0.39, 0.29) is 55.2 Å². The molecule has 1 heterocycles. The summed E-state index contributed by atoms with van der Waals surface area (Å²) in [5, 5.41) is 25.0. The van der Waals surface area contributed by atoms with Crippen LogP contribution in [0.4, 0.5) is 17.1 Å². The molecule has 3 aromatic rings. The second kappa shape index (κ2) is 11.7. The normalized spacial score (nSPS) is 15.2. The maximum absolute atomic E-state index is 12.7. The predicted molar refractivity (Wildman–Crippen MR) is 147 cm³/mol. The van der Waals surface area contributed by atoms with E-state index in [1.54, 1.807) is 6.92 Å². The molecule has 0 aliphatic carbocycles. The topological polar surface area (TPSA) is 180 Å². The molecule has 3 aromatic carbocycles. The van der Waals surface area contributed by atoms with E-state index >= 15 is 0 Å². The van der Waals surface area contributed by atoms with Crippen LogP contribution in [0.5, 0.6) is 11.5 Å². The molecule has 1 aliphatic heterocycles. The Kier molecular flexibility index (Phi) is 8.37. The van der Waals surface area contributed by atoms with Crippen LogP contribution in [-0.4, -0.2) is 35.9 Å². The van der Waals surface area contributed by atoms with Gasteiger partial charge in [-0.3, -0.25) is 25.0 Å². The molecule has 1 amide bonds. The molecule has 0 atom stereocenters. The lowest BCUT2D eigenvalue weighted by molar-refractivity contribution is -0.384. The first-order chi connectivity index (χ1) is 19.0. The van der Waals surface area contributed by atoms with Gasteiger partial charge >= 0.3 is 10.1 Å². The van der Waals surface area contributed by atoms with Gasteiger partial charge in [0.05, 0.1) is 21.4 Å². The molecule has 40 heavy (non-hydrogen) atoms. The summed E-state index contributed by atoms with van der Waals surface area (Å²) in [6.07, 6.45) is 1.50. The van der Waals surface area contributed by atoms with Crippen molar-refractivity contribution in [2.75, 3.05) is 6.61 Å². The monoisotopic (exact) mass is 604 g/mol. The lowest BCUT2D eigenvalue weighted by atomic mass is 10.2. The zero-order chi connectivity index (χ0) is 29.0. The van der Waals surface area contributed by atoms with Crippen molar-refractivity contribution in [3.05, 3.63) is 96.4 Å². The Balaban J connectivity index is 1.58. The summed E-state index contributed by atoms with van der Waals surface area (Å²) in [5.41, 5.74) is -0.139. The molecule has 1 fully saturated rings. The number of nitro groups is 2. The Labute approximate surface area is 235 Å². The number of nitrogens with zero attached hydrogens (tertiary/aromatic N) is 3. The molecule has 16 heteroatoms. The number of hydrogen-bond acceptors (Lipinski definition) is 11. The average molecular weight is 605 g/mol. The van der Waals surface area contributed by atoms with Gasteiger partial charge in [0.15, 0.2) is 16.7 Å². The van der Waals surface area contributed by atoms with Crippen molar-refractivity contribution < 1.29 is 32.0 Å². The van der Waals surface area contributed by atoms with Gasteiger partial charge in [-0.2, -0.15) is 8.42 Å². The van der Waals surface area contributed by atoms with Gasteiger partial charge in [-0.1, -0.05) is 17.7 Å². The fraction of sp³-hybridized carbons (Fsp3) is 0.0833. The highest BCUT2D eigenvalue weighted by Crippen LogP contribution is 2.36. The van der Waals surface area contributed by atoms with E-state index in [2.05, 4.69) is 10.3 Å². The number of benzene rings is 3. The number of nitrogens with one attached hydrogen (secondary N) is 1. The third kappa shape index (κ3) is 6.56. The van der Waals surface area contributed by atoms with E-state index in [4.69, 9.17) is 20.5 Å². The Morgan fingerprint density at radius 1 is 1.02 bits per heavy atom. The number of ether oxygens (including phenoxy) is 1. The van der Waals surface area contributed by atoms with E-state index < -0.39 is 25.9 Å². The first-order valence-electron chi connectivity index (χ1n) is 11.2. The van der Waals surface area contributed by atoms with Gasteiger partial charge in [-0.25, -0.2) is 4.99 Å². The highest BCUT2D eigenvalue weighted by molar-refractivity contribution is 8.18. The molecule has 1 saturated heterocycles. The minimum Gasteiger partial charge on any atom is -0.490 e. The Bertz CT molecular complexity index is 1690. The van der Waals surface area contributed by atoms with Crippen LogP contribution < -0.4 is 14.2 Å². The van der Waals surface area contributed by atoms with E-state index in [9.17, 15) is 33.4 Å². The Morgan fingerprint density at radius 3 is 2.40 bits per heavy atom. The quantitative estimate of drug-likeness (QED) is 0.147. The third-order valence-corrected chi connectivity index (χ3v) is 7.50. The lowest BCUT2D eigenvalue weighted by Crippen LogP contribution is -2.19. The standard InChI is InChI=1S/C24H17ClN4O9S2/c1-2-37-21-11-14(3-10-20(21)38-40(35,36)17-7-5-16(6-8-17)28(31)32)12-22-23(30)27-24(39-22)26-18-9-4-15(25)13-19(18)29(33)34/h3-13H,2H2,1H3,(H,26,27,30)/b22-12+. The summed E-state index contributed by atoms with van der Waals surface area (Å²) in [5.74, 6) is -0.570.